The second-order valence-corrected chi connectivity index (χ2v) is 9.89. The van der Waals surface area contributed by atoms with Crippen molar-refractivity contribution in [2.24, 2.45) is 11.7 Å². The van der Waals surface area contributed by atoms with E-state index in [1.807, 2.05) is 11.9 Å². The molecule has 0 aromatic carbocycles. The number of carbonyl (C=O) groups excluding carboxylic acids is 2. The Morgan fingerprint density at radius 3 is 2.50 bits per heavy atom. The second-order valence-electron chi connectivity index (χ2n) is 8.95. The number of hydrogen-bond donors (Lipinski definition) is 6. The van der Waals surface area contributed by atoms with E-state index in [1.54, 1.807) is 13.2 Å². The lowest BCUT2D eigenvalue weighted by Gasteiger charge is -2.45. The Labute approximate surface area is 194 Å². The number of carbonyl (C=O) groups is 2. The monoisotopic (exact) mass is 476 g/mol. The molecule has 0 aliphatic carbocycles. The number of nitrogens with zero attached hydrogens (tertiary/aromatic N) is 1. The Morgan fingerprint density at radius 2 is 1.91 bits per heavy atom. The normalized spacial score (nSPS) is 35.3. The van der Waals surface area contributed by atoms with Crippen LogP contribution in [0.25, 0.3) is 0 Å². The number of rotatable bonds is 10. The van der Waals surface area contributed by atoms with Crippen LogP contribution in [-0.4, -0.2) is 106 Å². The third-order valence-electron chi connectivity index (χ3n) is 6.43. The lowest BCUT2D eigenvalue weighted by atomic mass is 9.90. The van der Waals surface area contributed by atoms with E-state index in [1.165, 1.54) is 11.8 Å². The van der Waals surface area contributed by atoms with Crippen LogP contribution in [0.5, 0.6) is 0 Å². The summed E-state index contributed by atoms with van der Waals surface area (Å²) < 4.78 is 5.90. The first-order valence-electron chi connectivity index (χ1n) is 11.4. The highest BCUT2D eigenvalue weighted by Gasteiger charge is 2.48. The topological polar surface area (TPSA) is 157 Å². The number of likely N-dealkylation sites (N-methyl/N-ethyl adjacent to an activating group) is 1. The zero-order chi connectivity index (χ0) is 24.0. The minimum absolute atomic E-state index is 0.123. The largest absolute Gasteiger partial charge is 0.388 e. The molecule has 32 heavy (non-hydrogen) atoms. The molecule has 0 radical (unpaired) electrons. The highest BCUT2D eigenvalue weighted by atomic mass is 32.2. The molecule has 0 aromatic heterocycles. The summed E-state index contributed by atoms with van der Waals surface area (Å²) in [6.07, 6.45) is -0.506. The molecule has 11 heteroatoms. The van der Waals surface area contributed by atoms with Crippen molar-refractivity contribution in [2.45, 2.75) is 87.5 Å². The standard InChI is InChI=1S/C21H40N4O6S/c1-5-6-12-9-13(25(3)10-12)20(30)24-15(11(2)23-14(26)7-8-22)19-17(28)16(27)18(29)21(31-19)32-4/h11-13,15-19,21,27-29H,5-10,22H2,1-4H3,(H,23,26)(H,24,30)/t11-,12+,13-,15+,16?,17?,18?,19?,21?/m0/s1. The van der Waals surface area contributed by atoms with Crippen molar-refractivity contribution in [1.29, 1.82) is 0 Å². The molecule has 0 bridgehead atoms. The van der Waals surface area contributed by atoms with E-state index < -0.39 is 41.9 Å². The molecule has 2 aliphatic rings. The minimum atomic E-state index is -1.44. The molecule has 10 nitrogen and oxygen atoms in total. The molecule has 0 aromatic rings. The van der Waals surface area contributed by atoms with Gasteiger partial charge in [0, 0.05) is 25.6 Å². The molecular weight excluding hydrogens is 436 g/mol. The predicted molar refractivity (Wildman–Crippen MR) is 123 cm³/mol. The van der Waals surface area contributed by atoms with E-state index in [9.17, 15) is 24.9 Å². The molecule has 0 spiro atoms. The quantitative estimate of drug-likeness (QED) is 0.223. The van der Waals surface area contributed by atoms with Crippen molar-refractivity contribution in [2.75, 3.05) is 26.4 Å². The van der Waals surface area contributed by atoms with Crippen molar-refractivity contribution in [3.63, 3.8) is 0 Å². The van der Waals surface area contributed by atoms with E-state index in [0.717, 1.165) is 25.8 Å². The van der Waals surface area contributed by atoms with Crippen molar-refractivity contribution in [1.82, 2.24) is 15.5 Å². The predicted octanol–water partition coefficient (Wildman–Crippen LogP) is -1.38. The molecule has 2 aliphatic heterocycles. The molecule has 186 valence electrons. The summed E-state index contributed by atoms with van der Waals surface area (Å²) in [7, 11) is 1.91. The summed E-state index contributed by atoms with van der Waals surface area (Å²) in [5.74, 6) is -0.0593. The fourth-order valence-electron chi connectivity index (χ4n) is 4.69. The van der Waals surface area contributed by atoms with Gasteiger partial charge in [0.15, 0.2) is 0 Å². The van der Waals surface area contributed by atoms with E-state index in [0.29, 0.717) is 5.92 Å². The van der Waals surface area contributed by atoms with Gasteiger partial charge in [-0.05, 0) is 39.0 Å². The van der Waals surface area contributed by atoms with Crippen LogP contribution < -0.4 is 16.4 Å². The van der Waals surface area contributed by atoms with Gasteiger partial charge < -0.3 is 36.4 Å². The van der Waals surface area contributed by atoms with Crippen LogP contribution in [0.1, 0.15) is 39.5 Å². The average molecular weight is 477 g/mol. The number of thioether (sulfide) groups is 1. The maximum Gasteiger partial charge on any atom is 0.237 e. The van der Waals surface area contributed by atoms with Gasteiger partial charge in [-0.15, -0.1) is 11.8 Å². The second kappa shape index (κ2) is 12.5. The van der Waals surface area contributed by atoms with Crippen molar-refractivity contribution >= 4 is 23.6 Å². The Bertz CT molecular complexity index is 627. The van der Waals surface area contributed by atoms with Gasteiger partial charge in [0.25, 0.3) is 0 Å². The van der Waals surface area contributed by atoms with Crippen LogP contribution >= 0.6 is 11.8 Å². The first kappa shape index (κ1) is 27.3. The fraction of sp³-hybridized carbons (Fsp3) is 0.905. The van der Waals surface area contributed by atoms with Gasteiger partial charge in [0.2, 0.25) is 11.8 Å². The lowest BCUT2D eigenvalue weighted by molar-refractivity contribution is -0.207. The molecule has 2 fully saturated rings. The van der Waals surface area contributed by atoms with Crippen molar-refractivity contribution in [3.8, 4) is 0 Å². The minimum Gasteiger partial charge on any atom is -0.388 e. The summed E-state index contributed by atoms with van der Waals surface area (Å²) in [6.45, 7) is 4.85. The van der Waals surface area contributed by atoms with Crippen molar-refractivity contribution in [3.05, 3.63) is 0 Å². The Hall–Kier alpha value is -0.950. The van der Waals surface area contributed by atoms with Crippen LogP contribution in [0.15, 0.2) is 0 Å². The first-order chi connectivity index (χ1) is 15.1. The smallest absolute Gasteiger partial charge is 0.237 e. The van der Waals surface area contributed by atoms with Crippen LogP contribution in [0, 0.1) is 5.92 Å². The number of nitrogens with two attached hydrogens (primary N) is 1. The van der Waals surface area contributed by atoms with E-state index in [-0.39, 0.29) is 30.8 Å². The number of nitrogens with one attached hydrogen (secondary N) is 2. The number of likely N-dealkylation sites (tertiary alicyclic amines) is 1. The van der Waals surface area contributed by atoms with Gasteiger partial charge in [-0.2, -0.15) is 0 Å². The van der Waals surface area contributed by atoms with Crippen LogP contribution in [-0.2, 0) is 14.3 Å². The number of hydrogen-bond acceptors (Lipinski definition) is 9. The molecule has 2 saturated heterocycles. The molecule has 2 heterocycles. The summed E-state index contributed by atoms with van der Waals surface area (Å²) in [6, 6.07) is -1.76. The number of aliphatic hydroxyl groups is 3. The number of aliphatic hydroxyl groups excluding tert-OH is 3. The van der Waals surface area contributed by atoms with Crippen LogP contribution in [0.2, 0.25) is 0 Å². The van der Waals surface area contributed by atoms with Gasteiger partial charge >= 0.3 is 0 Å². The number of amides is 2. The summed E-state index contributed by atoms with van der Waals surface area (Å²) >= 11 is 1.20. The van der Waals surface area contributed by atoms with E-state index in [2.05, 4.69) is 17.6 Å². The van der Waals surface area contributed by atoms with E-state index >= 15 is 0 Å². The SMILES string of the molecule is CCC[C@@H]1C[C@@H](C(=O)N[C@@H](C2OC(SC)C(O)C(O)C2O)[C@H](C)NC(=O)CCN)N(C)C1. The molecule has 9 atom stereocenters. The highest BCUT2D eigenvalue weighted by Crippen LogP contribution is 2.30. The van der Waals surface area contributed by atoms with Gasteiger partial charge in [-0.1, -0.05) is 13.3 Å². The van der Waals surface area contributed by atoms with Crippen LogP contribution in [0.3, 0.4) is 0 Å². The zero-order valence-electron chi connectivity index (χ0n) is 19.4. The van der Waals surface area contributed by atoms with Gasteiger partial charge in [-0.3, -0.25) is 14.5 Å². The molecule has 2 rings (SSSR count). The van der Waals surface area contributed by atoms with Crippen LogP contribution in [0.4, 0.5) is 0 Å². The summed E-state index contributed by atoms with van der Waals surface area (Å²) in [5, 5.41) is 37.0. The lowest BCUT2D eigenvalue weighted by Crippen LogP contribution is -2.67. The zero-order valence-corrected chi connectivity index (χ0v) is 20.3. The maximum atomic E-state index is 13.2. The third kappa shape index (κ3) is 6.55. The maximum absolute atomic E-state index is 13.2. The van der Waals surface area contributed by atoms with Crippen molar-refractivity contribution < 1.29 is 29.6 Å². The highest BCUT2D eigenvalue weighted by molar-refractivity contribution is 7.99. The van der Waals surface area contributed by atoms with Gasteiger partial charge in [-0.25, -0.2) is 0 Å². The number of ether oxygens (including phenoxy) is 1. The van der Waals surface area contributed by atoms with Gasteiger partial charge in [0.1, 0.15) is 29.9 Å². The summed E-state index contributed by atoms with van der Waals surface area (Å²) in [5.41, 5.74) is 4.68. The Kier molecular flexibility index (Phi) is 10.7. The molecule has 5 unspecified atom stereocenters. The molecule has 0 saturated carbocycles. The average Bonchev–Trinajstić information content (AvgIpc) is 3.11. The first-order valence-corrected chi connectivity index (χ1v) is 12.7. The third-order valence-corrected chi connectivity index (χ3v) is 7.29. The fourth-order valence-corrected chi connectivity index (χ4v) is 5.37. The summed E-state index contributed by atoms with van der Waals surface area (Å²) in [4.78, 5) is 27.4. The molecule has 7 N–H and O–H groups in total. The Morgan fingerprint density at radius 1 is 1.22 bits per heavy atom. The van der Waals surface area contributed by atoms with E-state index in [4.69, 9.17) is 10.5 Å². The Balaban J connectivity index is 2.22. The molecular formula is C21H40N4O6S. The molecule has 2 amide bonds. The van der Waals surface area contributed by atoms with Gasteiger partial charge in [0.05, 0.1) is 12.1 Å².